The van der Waals surface area contributed by atoms with E-state index in [4.69, 9.17) is 21.1 Å². The highest BCUT2D eigenvalue weighted by Crippen LogP contribution is 1.95. The van der Waals surface area contributed by atoms with Gasteiger partial charge < -0.3 is 11.5 Å². The molecule has 0 aromatic heterocycles. The van der Waals surface area contributed by atoms with Crippen molar-refractivity contribution < 1.29 is 9.59 Å². The van der Waals surface area contributed by atoms with E-state index < -0.39 is 0 Å². The van der Waals surface area contributed by atoms with Gasteiger partial charge in [0.15, 0.2) is 12.6 Å². The Bertz CT molecular complexity index is 85.1. The zero-order chi connectivity index (χ0) is 9.66. The molecule has 0 spiro atoms. The highest BCUT2D eigenvalue weighted by atomic mass is 16.2. The first-order chi connectivity index (χ1) is 5.83. The van der Waals surface area contributed by atoms with Crippen molar-refractivity contribution in [1.29, 1.82) is 0 Å². The van der Waals surface area contributed by atoms with Crippen LogP contribution in [0.4, 0.5) is 0 Å². The summed E-state index contributed by atoms with van der Waals surface area (Å²) in [7, 11) is 0. The number of carbonyl (C=O) groups excluding carboxylic acids is 2. The zero-order valence-electron chi connectivity index (χ0n) is 7.37. The highest BCUT2D eigenvalue weighted by molar-refractivity contribution is 6.09. The Kier molecular flexibility index (Phi) is 19.2. The fourth-order valence-corrected chi connectivity index (χ4v) is 0.642. The van der Waals surface area contributed by atoms with Crippen LogP contribution in [0.5, 0.6) is 0 Å². The molecule has 0 aliphatic carbocycles. The first-order valence-corrected chi connectivity index (χ1v) is 4.12. The van der Waals surface area contributed by atoms with Crippen LogP contribution in [-0.4, -0.2) is 25.7 Å². The fraction of sp³-hybridized carbons (Fsp3) is 0.750. The van der Waals surface area contributed by atoms with Crippen LogP contribution in [0, 0.1) is 0 Å². The lowest BCUT2D eigenvalue weighted by Crippen LogP contribution is -2.00. The number of hydrogen-bond acceptors (Lipinski definition) is 4. The summed E-state index contributed by atoms with van der Waals surface area (Å²) in [5, 5.41) is 0. The Balaban J connectivity index is 0. The molecular weight excluding hydrogens is 156 g/mol. The number of nitrogens with two attached hydrogens (primary N) is 2. The molecule has 0 aliphatic rings. The van der Waals surface area contributed by atoms with E-state index in [1.54, 1.807) is 0 Å². The van der Waals surface area contributed by atoms with E-state index in [2.05, 4.69) is 0 Å². The van der Waals surface area contributed by atoms with Crippen molar-refractivity contribution in [2.24, 2.45) is 11.5 Å². The molecule has 0 amide bonds. The second kappa shape index (κ2) is 16.7. The largest absolute Gasteiger partial charge is 0.330 e. The minimum absolute atomic E-state index is 0.194. The molecule has 0 rings (SSSR count). The van der Waals surface area contributed by atoms with E-state index >= 15 is 0 Å². The minimum atomic E-state index is 0.194. The summed E-state index contributed by atoms with van der Waals surface area (Å²) < 4.78 is 0. The molecule has 12 heavy (non-hydrogen) atoms. The average molecular weight is 174 g/mol. The summed E-state index contributed by atoms with van der Waals surface area (Å²) in [5.41, 5.74) is 10.6. The van der Waals surface area contributed by atoms with Gasteiger partial charge in [-0.25, -0.2) is 0 Å². The number of carbonyl (C=O) groups is 2. The van der Waals surface area contributed by atoms with Crippen molar-refractivity contribution in [1.82, 2.24) is 0 Å². The summed E-state index contributed by atoms with van der Waals surface area (Å²) in [6, 6.07) is 0. The molecule has 4 N–H and O–H groups in total. The quantitative estimate of drug-likeness (QED) is 0.333. The standard InChI is InChI=1S/C6H16N2.C2H2O2/c7-5-3-1-2-4-6-8;3-1-2-4/h1-8H2;1-2H. The van der Waals surface area contributed by atoms with Gasteiger partial charge in [-0.2, -0.15) is 0 Å². The Hall–Kier alpha value is -0.740. The van der Waals surface area contributed by atoms with Gasteiger partial charge in [0.2, 0.25) is 0 Å². The van der Waals surface area contributed by atoms with Gasteiger partial charge in [-0.1, -0.05) is 12.8 Å². The Labute approximate surface area is 73.3 Å². The van der Waals surface area contributed by atoms with Crippen molar-refractivity contribution in [2.75, 3.05) is 13.1 Å². The molecule has 0 radical (unpaired) electrons. The fourth-order valence-electron chi connectivity index (χ4n) is 0.642. The molecule has 0 heterocycles. The van der Waals surface area contributed by atoms with Crippen LogP contribution in [0.25, 0.3) is 0 Å². The van der Waals surface area contributed by atoms with Gasteiger partial charge in [0, 0.05) is 0 Å². The topological polar surface area (TPSA) is 86.2 Å². The first-order valence-electron chi connectivity index (χ1n) is 4.12. The second-order valence-electron chi connectivity index (χ2n) is 2.26. The molecule has 4 nitrogen and oxygen atoms in total. The van der Waals surface area contributed by atoms with Crippen LogP contribution in [0.3, 0.4) is 0 Å². The van der Waals surface area contributed by atoms with Crippen molar-refractivity contribution in [3.63, 3.8) is 0 Å². The lowest BCUT2D eigenvalue weighted by molar-refractivity contribution is -0.122. The zero-order valence-corrected chi connectivity index (χ0v) is 7.37. The predicted octanol–water partition coefficient (Wildman–Crippen LogP) is -0.152. The van der Waals surface area contributed by atoms with E-state index in [0.717, 1.165) is 25.9 Å². The van der Waals surface area contributed by atoms with E-state index in [9.17, 15) is 0 Å². The van der Waals surface area contributed by atoms with Crippen LogP contribution in [0.1, 0.15) is 25.7 Å². The summed E-state index contributed by atoms with van der Waals surface area (Å²) in [5.74, 6) is 0. The molecular formula is C8H18N2O2. The highest BCUT2D eigenvalue weighted by Gasteiger charge is 1.83. The van der Waals surface area contributed by atoms with Crippen LogP contribution in [-0.2, 0) is 9.59 Å². The molecule has 0 saturated carbocycles. The predicted molar refractivity (Wildman–Crippen MR) is 48.7 cm³/mol. The van der Waals surface area contributed by atoms with Crippen LogP contribution < -0.4 is 11.5 Å². The molecule has 4 heteroatoms. The van der Waals surface area contributed by atoms with Gasteiger partial charge in [0.1, 0.15) is 0 Å². The Morgan fingerprint density at radius 3 is 1.25 bits per heavy atom. The third-order valence-corrected chi connectivity index (χ3v) is 1.21. The number of unbranched alkanes of at least 4 members (excludes halogenated alkanes) is 3. The molecule has 0 fully saturated rings. The molecule has 0 aromatic rings. The summed E-state index contributed by atoms with van der Waals surface area (Å²) in [6.07, 6.45) is 5.18. The SMILES string of the molecule is NCCCCCCN.O=CC=O. The van der Waals surface area contributed by atoms with Gasteiger partial charge in [-0.3, -0.25) is 9.59 Å². The van der Waals surface area contributed by atoms with E-state index in [1.165, 1.54) is 12.8 Å². The van der Waals surface area contributed by atoms with Gasteiger partial charge in [0.05, 0.1) is 0 Å². The van der Waals surface area contributed by atoms with Gasteiger partial charge in [-0.15, -0.1) is 0 Å². The number of aldehydes is 2. The average Bonchev–Trinajstić information content (AvgIpc) is 2.13. The van der Waals surface area contributed by atoms with Crippen molar-refractivity contribution >= 4 is 12.6 Å². The summed E-state index contributed by atoms with van der Waals surface area (Å²) >= 11 is 0. The number of hydrogen-bond donors (Lipinski definition) is 2. The first kappa shape index (κ1) is 13.8. The Morgan fingerprint density at radius 2 is 1.08 bits per heavy atom. The number of rotatable bonds is 6. The van der Waals surface area contributed by atoms with E-state index in [1.807, 2.05) is 0 Å². The minimum Gasteiger partial charge on any atom is -0.330 e. The lowest BCUT2D eigenvalue weighted by Gasteiger charge is -1.94. The van der Waals surface area contributed by atoms with E-state index in [0.29, 0.717) is 0 Å². The normalized spacial score (nSPS) is 8.17. The monoisotopic (exact) mass is 174 g/mol. The smallest absolute Gasteiger partial charge is 0.182 e. The molecule has 0 atom stereocenters. The Morgan fingerprint density at radius 1 is 0.750 bits per heavy atom. The maximum Gasteiger partial charge on any atom is 0.182 e. The molecule has 0 aliphatic heterocycles. The maximum absolute atomic E-state index is 8.81. The van der Waals surface area contributed by atoms with Crippen molar-refractivity contribution in [3.8, 4) is 0 Å². The summed E-state index contributed by atoms with van der Waals surface area (Å²) in [6.45, 7) is 1.65. The van der Waals surface area contributed by atoms with Gasteiger partial charge in [-0.05, 0) is 25.9 Å². The molecule has 0 saturated heterocycles. The van der Waals surface area contributed by atoms with E-state index in [-0.39, 0.29) is 12.6 Å². The maximum atomic E-state index is 8.81. The summed E-state index contributed by atoms with van der Waals surface area (Å²) in [4.78, 5) is 17.6. The second-order valence-corrected chi connectivity index (χ2v) is 2.26. The lowest BCUT2D eigenvalue weighted by atomic mass is 10.2. The van der Waals surface area contributed by atoms with Gasteiger partial charge >= 0.3 is 0 Å². The molecule has 0 bridgehead atoms. The van der Waals surface area contributed by atoms with Crippen LogP contribution in [0.15, 0.2) is 0 Å². The van der Waals surface area contributed by atoms with Gasteiger partial charge in [0.25, 0.3) is 0 Å². The van der Waals surface area contributed by atoms with Crippen LogP contribution in [0.2, 0.25) is 0 Å². The molecule has 72 valence electrons. The third-order valence-electron chi connectivity index (χ3n) is 1.21. The van der Waals surface area contributed by atoms with Crippen molar-refractivity contribution in [2.45, 2.75) is 25.7 Å². The van der Waals surface area contributed by atoms with Crippen molar-refractivity contribution in [3.05, 3.63) is 0 Å². The third kappa shape index (κ3) is 22.8. The molecule has 0 aromatic carbocycles. The molecule has 0 unspecified atom stereocenters. The van der Waals surface area contributed by atoms with Crippen LogP contribution >= 0.6 is 0 Å².